The molecular weight excluding hydrogens is 462 g/mol. The van der Waals surface area contributed by atoms with Crippen molar-refractivity contribution in [2.24, 2.45) is 0 Å². The number of furan rings is 1. The van der Waals surface area contributed by atoms with E-state index in [1.807, 2.05) is 6.20 Å². The van der Waals surface area contributed by atoms with Gasteiger partial charge in [-0.1, -0.05) is 83.1 Å². The molecule has 7 rings (SSSR count). The second kappa shape index (κ2) is 8.16. The summed E-state index contributed by atoms with van der Waals surface area (Å²) in [6.07, 6.45) is 1.92. The summed E-state index contributed by atoms with van der Waals surface area (Å²) in [6.45, 7) is 11.4. The Morgan fingerprint density at radius 3 is 2.16 bits per heavy atom. The van der Waals surface area contributed by atoms with Crippen LogP contribution in [0.1, 0.15) is 51.7 Å². The molecule has 2 nitrogen and oxygen atoms in total. The number of nitrogens with zero attached hydrogens (tertiary/aromatic N) is 1. The summed E-state index contributed by atoms with van der Waals surface area (Å²) >= 11 is 0. The lowest BCUT2D eigenvalue weighted by molar-refractivity contribution is 0.596. The highest BCUT2D eigenvalue weighted by Gasteiger charge is 2.21. The van der Waals surface area contributed by atoms with Crippen molar-refractivity contribution >= 4 is 54.3 Å². The van der Waals surface area contributed by atoms with Crippen LogP contribution in [-0.2, 0) is 5.41 Å². The Labute approximate surface area is 222 Å². The summed E-state index contributed by atoms with van der Waals surface area (Å²) in [5.74, 6) is 0.408. The number of pyridine rings is 1. The van der Waals surface area contributed by atoms with Gasteiger partial charge >= 0.3 is 0 Å². The van der Waals surface area contributed by atoms with E-state index in [-0.39, 0.29) is 5.41 Å². The predicted octanol–water partition coefficient (Wildman–Crippen LogP) is 10.5. The fraction of sp³-hybridized carbons (Fsp3) is 0.194. The number of rotatable bonds is 2. The van der Waals surface area contributed by atoms with Crippen molar-refractivity contribution in [3.63, 3.8) is 0 Å². The molecule has 0 saturated heterocycles. The largest absolute Gasteiger partial charge is 0.454 e. The molecule has 0 atom stereocenters. The van der Waals surface area contributed by atoms with Crippen molar-refractivity contribution in [2.75, 3.05) is 0 Å². The molecular formula is C36H31NO. The molecule has 38 heavy (non-hydrogen) atoms. The van der Waals surface area contributed by atoms with E-state index in [2.05, 4.69) is 120 Å². The van der Waals surface area contributed by atoms with E-state index in [0.717, 1.165) is 33.2 Å². The Morgan fingerprint density at radius 2 is 1.39 bits per heavy atom. The third-order valence-electron chi connectivity index (χ3n) is 7.96. The SMILES string of the molecule is CC(C)c1cc(-c2nccc3c2oc2cc4cc(C(C)(C)C)c5ccccc5c4cc23)cc2ccccc12. The number of aromatic nitrogens is 1. The summed E-state index contributed by atoms with van der Waals surface area (Å²) in [4.78, 5) is 4.85. The van der Waals surface area contributed by atoms with Gasteiger partial charge in [0, 0.05) is 22.5 Å². The van der Waals surface area contributed by atoms with Crippen molar-refractivity contribution in [1.29, 1.82) is 0 Å². The molecule has 0 saturated carbocycles. The van der Waals surface area contributed by atoms with E-state index < -0.39 is 0 Å². The minimum Gasteiger partial charge on any atom is -0.454 e. The van der Waals surface area contributed by atoms with Crippen LogP contribution < -0.4 is 0 Å². The lowest BCUT2D eigenvalue weighted by Crippen LogP contribution is -2.11. The van der Waals surface area contributed by atoms with Crippen LogP contribution in [0.2, 0.25) is 0 Å². The molecule has 0 amide bonds. The normalized spacial score (nSPS) is 12.6. The number of hydrogen-bond acceptors (Lipinski definition) is 2. The molecule has 0 aliphatic heterocycles. The third-order valence-corrected chi connectivity index (χ3v) is 7.96. The molecule has 2 heteroatoms. The Kier molecular flexibility index (Phi) is 4.94. The van der Waals surface area contributed by atoms with Gasteiger partial charge in [0.15, 0.2) is 5.58 Å². The Bertz CT molecular complexity index is 2040. The maximum Gasteiger partial charge on any atom is 0.161 e. The zero-order valence-corrected chi connectivity index (χ0v) is 22.6. The van der Waals surface area contributed by atoms with Gasteiger partial charge in [-0.2, -0.15) is 0 Å². The minimum atomic E-state index is 0.0396. The highest BCUT2D eigenvalue weighted by molar-refractivity contribution is 6.18. The molecule has 0 N–H and O–H groups in total. The first kappa shape index (κ1) is 23.0. The smallest absolute Gasteiger partial charge is 0.161 e. The minimum absolute atomic E-state index is 0.0396. The van der Waals surface area contributed by atoms with Gasteiger partial charge in [-0.25, -0.2) is 0 Å². The van der Waals surface area contributed by atoms with E-state index in [1.54, 1.807) is 0 Å². The van der Waals surface area contributed by atoms with Crippen LogP contribution in [0.15, 0.2) is 95.5 Å². The number of benzene rings is 5. The molecule has 2 aromatic heterocycles. The summed E-state index contributed by atoms with van der Waals surface area (Å²) in [7, 11) is 0. The lowest BCUT2D eigenvalue weighted by Gasteiger charge is -2.22. The predicted molar refractivity (Wildman–Crippen MR) is 162 cm³/mol. The Morgan fingerprint density at radius 1 is 0.658 bits per heavy atom. The third kappa shape index (κ3) is 3.44. The fourth-order valence-corrected chi connectivity index (χ4v) is 6.08. The molecule has 0 fully saturated rings. The van der Waals surface area contributed by atoms with Crippen LogP contribution in [0.3, 0.4) is 0 Å². The Hall–Kier alpha value is -4.17. The average Bonchev–Trinajstić information content (AvgIpc) is 3.27. The summed E-state index contributed by atoms with van der Waals surface area (Å²) in [6, 6.07) is 30.9. The zero-order chi connectivity index (χ0) is 26.2. The zero-order valence-electron chi connectivity index (χ0n) is 22.6. The maximum absolute atomic E-state index is 6.63. The number of hydrogen-bond donors (Lipinski definition) is 0. The molecule has 0 aliphatic carbocycles. The molecule has 0 bridgehead atoms. The molecule has 0 spiro atoms. The van der Waals surface area contributed by atoms with Crippen LogP contribution >= 0.6 is 0 Å². The van der Waals surface area contributed by atoms with E-state index in [0.29, 0.717) is 5.92 Å². The summed E-state index contributed by atoms with van der Waals surface area (Å²) in [5.41, 5.74) is 6.48. The van der Waals surface area contributed by atoms with E-state index in [4.69, 9.17) is 9.40 Å². The van der Waals surface area contributed by atoms with Crippen LogP contribution in [0, 0.1) is 0 Å². The first-order chi connectivity index (χ1) is 18.3. The van der Waals surface area contributed by atoms with Crippen LogP contribution in [-0.4, -0.2) is 4.98 Å². The van der Waals surface area contributed by atoms with E-state index in [9.17, 15) is 0 Å². The number of fused-ring (bicyclic) bond motifs is 7. The monoisotopic (exact) mass is 493 g/mol. The first-order valence-electron chi connectivity index (χ1n) is 13.5. The summed E-state index contributed by atoms with van der Waals surface area (Å²) in [5, 5.41) is 9.85. The Balaban J connectivity index is 1.54. The van der Waals surface area contributed by atoms with Crippen molar-refractivity contribution in [2.45, 2.75) is 46.0 Å². The fourth-order valence-electron chi connectivity index (χ4n) is 6.08. The maximum atomic E-state index is 6.63. The molecule has 0 radical (unpaired) electrons. The van der Waals surface area contributed by atoms with Crippen molar-refractivity contribution in [3.8, 4) is 11.3 Å². The molecule has 0 unspecified atom stereocenters. The van der Waals surface area contributed by atoms with Crippen molar-refractivity contribution < 1.29 is 4.42 Å². The van der Waals surface area contributed by atoms with Crippen molar-refractivity contribution in [1.82, 2.24) is 4.98 Å². The molecule has 0 aliphatic rings. The van der Waals surface area contributed by atoms with Gasteiger partial charge in [0.05, 0.1) is 0 Å². The van der Waals surface area contributed by atoms with Crippen LogP contribution in [0.25, 0.3) is 65.5 Å². The van der Waals surface area contributed by atoms with Gasteiger partial charge < -0.3 is 4.42 Å². The van der Waals surface area contributed by atoms with Gasteiger partial charge in [0.1, 0.15) is 11.3 Å². The lowest BCUT2D eigenvalue weighted by atomic mass is 9.82. The molecule has 7 aromatic rings. The van der Waals surface area contributed by atoms with Gasteiger partial charge in [-0.15, -0.1) is 0 Å². The van der Waals surface area contributed by atoms with Crippen LogP contribution in [0.5, 0.6) is 0 Å². The highest BCUT2D eigenvalue weighted by Crippen LogP contribution is 2.41. The quantitative estimate of drug-likeness (QED) is 0.224. The van der Waals surface area contributed by atoms with E-state index >= 15 is 0 Å². The standard InChI is InChI=1S/C36H31NO/c1-21(2)29-17-24(16-22-10-6-7-11-25(22)29)34-35-28(14-15-37-34)31-20-30-23(19-33(31)38-35)18-32(36(3,4)5)27-13-9-8-12-26(27)30/h6-21H,1-5H3. The van der Waals surface area contributed by atoms with Gasteiger partial charge in [0.25, 0.3) is 0 Å². The van der Waals surface area contributed by atoms with Gasteiger partial charge in [-0.3, -0.25) is 4.98 Å². The van der Waals surface area contributed by atoms with Gasteiger partial charge in [0.2, 0.25) is 0 Å². The van der Waals surface area contributed by atoms with Gasteiger partial charge in [-0.05, 0) is 91.2 Å². The second-order valence-electron chi connectivity index (χ2n) is 11.9. The molecule has 2 heterocycles. The average molecular weight is 494 g/mol. The first-order valence-corrected chi connectivity index (χ1v) is 13.5. The molecule has 186 valence electrons. The second-order valence-corrected chi connectivity index (χ2v) is 11.9. The van der Waals surface area contributed by atoms with Crippen LogP contribution in [0.4, 0.5) is 0 Å². The highest BCUT2D eigenvalue weighted by atomic mass is 16.3. The topological polar surface area (TPSA) is 26.0 Å². The summed E-state index contributed by atoms with van der Waals surface area (Å²) < 4.78 is 6.63. The molecule has 5 aromatic carbocycles. The van der Waals surface area contributed by atoms with Crippen molar-refractivity contribution in [3.05, 3.63) is 102 Å². The van der Waals surface area contributed by atoms with E-state index in [1.165, 1.54) is 43.4 Å².